The standard InChI is InChI=1S/C11H15BrN2/c1-2-14-8-4-6-10(14)9-5-3-7-13-11(9)12/h3,5,7,10H,2,4,6,8H2,1H3/t10-/m1/s1. The molecule has 2 heterocycles. The summed E-state index contributed by atoms with van der Waals surface area (Å²) in [6.45, 7) is 4.58. The number of pyridine rings is 1. The molecule has 1 aromatic rings. The lowest BCUT2D eigenvalue weighted by atomic mass is 10.1. The van der Waals surface area contributed by atoms with Crippen LogP contribution < -0.4 is 0 Å². The molecule has 1 fully saturated rings. The molecule has 1 saturated heterocycles. The van der Waals surface area contributed by atoms with Crippen LogP contribution in [0, 0.1) is 0 Å². The molecule has 0 N–H and O–H groups in total. The van der Waals surface area contributed by atoms with Crippen LogP contribution >= 0.6 is 15.9 Å². The molecule has 1 aliphatic rings. The van der Waals surface area contributed by atoms with Crippen LogP contribution in [0.2, 0.25) is 0 Å². The smallest absolute Gasteiger partial charge is 0.110 e. The van der Waals surface area contributed by atoms with Crippen molar-refractivity contribution in [2.75, 3.05) is 13.1 Å². The summed E-state index contributed by atoms with van der Waals surface area (Å²) in [4.78, 5) is 6.80. The van der Waals surface area contributed by atoms with Gasteiger partial charge in [0.15, 0.2) is 0 Å². The molecule has 0 aliphatic carbocycles. The molecule has 0 amide bonds. The van der Waals surface area contributed by atoms with Crippen molar-refractivity contribution in [1.82, 2.24) is 9.88 Å². The molecule has 0 aromatic carbocycles. The second-order valence-electron chi connectivity index (χ2n) is 3.67. The SMILES string of the molecule is CCN1CCC[C@@H]1c1cccnc1Br. The molecule has 14 heavy (non-hydrogen) atoms. The van der Waals surface area contributed by atoms with Crippen molar-refractivity contribution in [3.05, 3.63) is 28.5 Å². The summed E-state index contributed by atoms with van der Waals surface area (Å²) in [7, 11) is 0. The lowest BCUT2D eigenvalue weighted by Crippen LogP contribution is -2.22. The molecule has 2 nitrogen and oxygen atoms in total. The first kappa shape index (κ1) is 10.1. The Morgan fingerprint density at radius 3 is 3.21 bits per heavy atom. The largest absolute Gasteiger partial charge is 0.297 e. The van der Waals surface area contributed by atoms with Crippen LogP contribution in [0.5, 0.6) is 0 Å². The summed E-state index contributed by atoms with van der Waals surface area (Å²) < 4.78 is 1.00. The molecule has 0 bridgehead atoms. The summed E-state index contributed by atoms with van der Waals surface area (Å²) in [6.07, 6.45) is 4.40. The van der Waals surface area contributed by atoms with Crippen LogP contribution in [0.4, 0.5) is 0 Å². The van der Waals surface area contributed by atoms with Gasteiger partial charge in [0.1, 0.15) is 4.60 Å². The van der Waals surface area contributed by atoms with E-state index in [0.29, 0.717) is 6.04 Å². The van der Waals surface area contributed by atoms with Crippen molar-refractivity contribution in [3.8, 4) is 0 Å². The van der Waals surface area contributed by atoms with Gasteiger partial charge in [-0.25, -0.2) is 4.98 Å². The zero-order valence-electron chi connectivity index (χ0n) is 8.41. The fourth-order valence-corrected chi connectivity index (χ4v) is 2.72. The maximum atomic E-state index is 4.28. The highest BCUT2D eigenvalue weighted by atomic mass is 79.9. The van der Waals surface area contributed by atoms with E-state index in [0.717, 1.165) is 11.1 Å². The van der Waals surface area contributed by atoms with E-state index in [1.807, 2.05) is 12.3 Å². The Hall–Kier alpha value is -0.410. The van der Waals surface area contributed by atoms with E-state index in [9.17, 15) is 0 Å². The van der Waals surface area contributed by atoms with Crippen LogP contribution in [-0.2, 0) is 0 Å². The molecule has 1 aromatic heterocycles. The Kier molecular flexibility index (Phi) is 3.19. The highest BCUT2D eigenvalue weighted by Gasteiger charge is 2.25. The van der Waals surface area contributed by atoms with Gasteiger partial charge in [0.25, 0.3) is 0 Å². The third kappa shape index (κ3) is 1.84. The molecular weight excluding hydrogens is 240 g/mol. The van der Waals surface area contributed by atoms with Gasteiger partial charge >= 0.3 is 0 Å². The predicted octanol–water partition coefficient (Wildman–Crippen LogP) is 3.00. The summed E-state index contributed by atoms with van der Waals surface area (Å²) in [5, 5.41) is 0. The molecule has 0 radical (unpaired) electrons. The molecular formula is C11H15BrN2. The van der Waals surface area contributed by atoms with Crippen LogP contribution in [-0.4, -0.2) is 23.0 Å². The van der Waals surface area contributed by atoms with Crippen LogP contribution in [0.3, 0.4) is 0 Å². The van der Waals surface area contributed by atoms with E-state index >= 15 is 0 Å². The number of nitrogens with zero attached hydrogens (tertiary/aromatic N) is 2. The summed E-state index contributed by atoms with van der Waals surface area (Å²) in [5.41, 5.74) is 1.34. The lowest BCUT2D eigenvalue weighted by Gasteiger charge is -2.23. The predicted molar refractivity (Wildman–Crippen MR) is 61.2 cm³/mol. The van der Waals surface area contributed by atoms with Gasteiger partial charge in [-0.2, -0.15) is 0 Å². The molecule has 0 unspecified atom stereocenters. The van der Waals surface area contributed by atoms with Gasteiger partial charge in [-0.05, 0) is 47.9 Å². The van der Waals surface area contributed by atoms with Crippen molar-refractivity contribution in [1.29, 1.82) is 0 Å². The van der Waals surface area contributed by atoms with Gasteiger partial charge in [0.05, 0.1) is 0 Å². The van der Waals surface area contributed by atoms with Crippen LogP contribution in [0.1, 0.15) is 31.4 Å². The second kappa shape index (κ2) is 4.41. The summed E-state index contributed by atoms with van der Waals surface area (Å²) >= 11 is 3.53. The van der Waals surface area contributed by atoms with Crippen LogP contribution in [0.25, 0.3) is 0 Å². The van der Waals surface area contributed by atoms with E-state index in [1.54, 1.807) is 0 Å². The topological polar surface area (TPSA) is 16.1 Å². The van der Waals surface area contributed by atoms with E-state index in [-0.39, 0.29) is 0 Å². The Bertz CT molecular complexity index is 314. The van der Waals surface area contributed by atoms with Crippen molar-refractivity contribution in [2.24, 2.45) is 0 Å². The highest BCUT2D eigenvalue weighted by molar-refractivity contribution is 9.10. The lowest BCUT2D eigenvalue weighted by molar-refractivity contribution is 0.270. The van der Waals surface area contributed by atoms with Crippen molar-refractivity contribution in [3.63, 3.8) is 0 Å². The maximum absolute atomic E-state index is 4.28. The number of likely N-dealkylation sites (tertiary alicyclic amines) is 1. The van der Waals surface area contributed by atoms with Gasteiger partial charge in [-0.3, -0.25) is 4.90 Å². The Morgan fingerprint density at radius 2 is 2.50 bits per heavy atom. The minimum Gasteiger partial charge on any atom is -0.297 e. The zero-order valence-corrected chi connectivity index (χ0v) is 10.00. The first-order valence-corrected chi connectivity index (χ1v) is 5.96. The highest BCUT2D eigenvalue weighted by Crippen LogP contribution is 2.34. The van der Waals surface area contributed by atoms with Gasteiger partial charge in [0.2, 0.25) is 0 Å². The molecule has 0 saturated carbocycles. The molecule has 2 rings (SSSR count). The second-order valence-corrected chi connectivity index (χ2v) is 4.42. The number of hydrogen-bond acceptors (Lipinski definition) is 2. The van der Waals surface area contributed by atoms with Crippen molar-refractivity contribution >= 4 is 15.9 Å². The molecule has 0 spiro atoms. The van der Waals surface area contributed by atoms with E-state index in [2.05, 4.69) is 38.8 Å². The first-order valence-electron chi connectivity index (χ1n) is 5.17. The normalized spacial score (nSPS) is 22.9. The van der Waals surface area contributed by atoms with Gasteiger partial charge in [0, 0.05) is 17.8 Å². The number of aromatic nitrogens is 1. The molecule has 76 valence electrons. The third-order valence-electron chi connectivity index (χ3n) is 2.92. The fraction of sp³-hybridized carbons (Fsp3) is 0.545. The van der Waals surface area contributed by atoms with E-state index in [1.165, 1.54) is 24.9 Å². The maximum Gasteiger partial charge on any atom is 0.110 e. The zero-order chi connectivity index (χ0) is 9.97. The average molecular weight is 255 g/mol. The van der Waals surface area contributed by atoms with Gasteiger partial charge < -0.3 is 0 Å². The average Bonchev–Trinajstić information content (AvgIpc) is 2.66. The van der Waals surface area contributed by atoms with E-state index < -0.39 is 0 Å². The summed E-state index contributed by atoms with van der Waals surface area (Å²) in [5.74, 6) is 0. The Morgan fingerprint density at radius 1 is 1.64 bits per heavy atom. The van der Waals surface area contributed by atoms with Gasteiger partial charge in [-0.15, -0.1) is 0 Å². The Balaban J connectivity index is 2.26. The summed E-state index contributed by atoms with van der Waals surface area (Å²) in [6, 6.07) is 4.77. The minimum atomic E-state index is 0.572. The molecule has 1 aliphatic heterocycles. The quantitative estimate of drug-likeness (QED) is 0.755. The molecule has 1 atom stereocenters. The number of rotatable bonds is 2. The number of hydrogen-bond donors (Lipinski definition) is 0. The number of halogens is 1. The first-order chi connectivity index (χ1) is 6.83. The van der Waals surface area contributed by atoms with Crippen molar-refractivity contribution < 1.29 is 0 Å². The minimum absolute atomic E-state index is 0.572. The van der Waals surface area contributed by atoms with Crippen LogP contribution in [0.15, 0.2) is 22.9 Å². The van der Waals surface area contributed by atoms with Gasteiger partial charge in [-0.1, -0.05) is 13.0 Å². The Labute approximate surface area is 93.5 Å². The monoisotopic (exact) mass is 254 g/mol. The molecule has 3 heteroatoms. The third-order valence-corrected chi connectivity index (χ3v) is 3.58. The van der Waals surface area contributed by atoms with Crippen molar-refractivity contribution in [2.45, 2.75) is 25.8 Å². The fourth-order valence-electron chi connectivity index (χ4n) is 2.20. The van der Waals surface area contributed by atoms with E-state index in [4.69, 9.17) is 0 Å².